The summed E-state index contributed by atoms with van der Waals surface area (Å²) in [5.41, 5.74) is 0.656. The van der Waals surface area contributed by atoms with Crippen LogP contribution in [0.15, 0.2) is 12.7 Å². The van der Waals surface area contributed by atoms with E-state index in [0.717, 1.165) is 6.42 Å². The summed E-state index contributed by atoms with van der Waals surface area (Å²) in [6.07, 6.45) is 4.86. The molecule has 2 aliphatic carbocycles. The first kappa shape index (κ1) is 10.7. The maximum atomic E-state index is 11.2. The van der Waals surface area contributed by atoms with E-state index in [1.165, 1.54) is 18.9 Å². The largest absolute Gasteiger partial charge is 0.459 e. The Morgan fingerprint density at radius 1 is 1.47 bits per heavy atom. The van der Waals surface area contributed by atoms with Gasteiger partial charge in [-0.05, 0) is 30.1 Å². The van der Waals surface area contributed by atoms with Gasteiger partial charge in [-0.3, -0.25) is 0 Å². The van der Waals surface area contributed by atoms with Gasteiger partial charge in [0.2, 0.25) is 0 Å². The average molecular weight is 208 g/mol. The predicted octanol–water partition coefficient (Wildman–Crippen LogP) is 2.93. The van der Waals surface area contributed by atoms with Gasteiger partial charge in [0, 0.05) is 12.0 Å². The highest BCUT2D eigenvalue weighted by Crippen LogP contribution is 2.66. The third-order valence-corrected chi connectivity index (χ3v) is 5.02. The Morgan fingerprint density at radius 2 is 2.13 bits per heavy atom. The molecule has 2 rings (SSSR count). The van der Waals surface area contributed by atoms with Crippen molar-refractivity contribution in [2.45, 2.75) is 46.1 Å². The molecule has 0 spiro atoms. The summed E-state index contributed by atoms with van der Waals surface area (Å²) in [4.78, 5) is 11.2. The van der Waals surface area contributed by atoms with Crippen LogP contribution in [0.4, 0.5) is 0 Å². The lowest BCUT2D eigenvalue weighted by molar-refractivity contribution is -0.146. The normalized spacial score (nSPS) is 41.5. The van der Waals surface area contributed by atoms with Crippen molar-refractivity contribution in [1.82, 2.24) is 0 Å². The number of ether oxygens (including phenoxy) is 1. The molecule has 0 radical (unpaired) electrons. The lowest BCUT2D eigenvalue weighted by atomic mass is 9.71. The second kappa shape index (κ2) is 3.10. The van der Waals surface area contributed by atoms with Crippen molar-refractivity contribution in [3.05, 3.63) is 12.7 Å². The molecule has 0 heterocycles. The van der Waals surface area contributed by atoms with E-state index in [1.807, 2.05) is 0 Å². The fourth-order valence-corrected chi connectivity index (χ4v) is 3.53. The summed E-state index contributed by atoms with van der Waals surface area (Å²) in [5.74, 6) is 0.262. The van der Waals surface area contributed by atoms with Gasteiger partial charge in [-0.25, -0.2) is 4.79 Å². The van der Waals surface area contributed by atoms with Crippen LogP contribution in [0.3, 0.4) is 0 Å². The first-order chi connectivity index (χ1) is 6.90. The molecule has 0 amide bonds. The van der Waals surface area contributed by atoms with Crippen LogP contribution in [0.1, 0.15) is 40.0 Å². The molecule has 2 bridgehead atoms. The Morgan fingerprint density at radius 3 is 2.53 bits per heavy atom. The van der Waals surface area contributed by atoms with Crippen LogP contribution in [-0.4, -0.2) is 12.1 Å². The lowest BCUT2D eigenvalue weighted by Crippen LogP contribution is -2.27. The van der Waals surface area contributed by atoms with Crippen molar-refractivity contribution in [2.24, 2.45) is 16.7 Å². The Labute approximate surface area is 91.7 Å². The van der Waals surface area contributed by atoms with E-state index in [4.69, 9.17) is 4.74 Å². The molecule has 0 aromatic heterocycles. The van der Waals surface area contributed by atoms with E-state index in [-0.39, 0.29) is 12.1 Å². The van der Waals surface area contributed by atoms with E-state index in [1.54, 1.807) is 0 Å². The Bertz CT molecular complexity index is 303. The molecule has 0 aliphatic heterocycles. The first-order valence-electron chi connectivity index (χ1n) is 5.74. The smallest absolute Gasteiger partial charge is 0.330 e. The van der Waals surface area contributed by atoms with Crippen molar-refractivity contribution in [2.75, 3.05) is 0 Å². The van der Waals surface area contributed by atoms with Crippen LogP contribution < -0.4 is 0 Å². The molecule has 2 fully saturated rings. The Hall–Kier alpha value is -0.790. The molecule has 2 aliphatic rings. The molecule has 84 valence electrons. The highest BCUT2D eigenvalue weighted by atomic mass is 16.5. The molecule has 15 heavy (non-hydrogen) atoms. The van der Waals surface area contributed by atoms with Gasteiger partial charge in [-0.1, -0.05) is 27.4 Å². The minimum absolute atomic E-state index is 0.115. The van der Waals surface area contributed by atoms with Gasteiger partial charge in [0.05, 0.1) is 0 Å². The summed E-state index contributed by atoms with van der Waals surface area (Å²) in [5, 5.41) is 0. The van der Waals surface area contributed by atoms with Crippen LogP contribution in [-0.2, 0) is 9.53 Å². The molecule has 3 atom stereocenters. The zero-order chi connectivity index (χ0) is 11.3. The maximum absolute atomic E-state index is 11.2. The number of hydrogen-bond donors (Lipinski definition) is 0. The van der Waals surface area contributed by atoms with E-state index in [0.29, 0.717) is 16.7 Å². The molecule has 0 aromatic carbocycles. The maximum Gasteiger partial charge on any atom is 0.330 e. The summed E-state index contributed by atoms with van der Waals surface area (Å²) < 4.78 is 5.44. The molecule has 0 unspecified atom stereocenters. The Kier molecular flexibility index (Phi) is 2.21. The third kappa shape index (κ3) is 1.34. The average Bonchev–Trinajstić information content (AvgIpc) is 2.48. The quantitative estimate of drug-likeness (QED) is 0.515. The van der Waals surface area contributed by atoms with Gasteiger partial charge in [0.1, 0.15) is 6.10 Å². The summed E-state index contributed by atoms with van der Waals surface area (Å²) in [6.45, 7) is 10.4. The molecule has 0 saturated heterocycles. The molecular formula is C13H20O2. The minimum Gasteiger partial charge on any atom is -0.459 e. The van der Waals surface area contributed by atoms with Crippen molar-refractivity contribution in [3.8, 4) is 0 Å². The van der Waals surface area contributed by atoms with Crippen LogP contribution in [0, 0.1) is 16.7 Å². The number of esters is 1. The zero-order valence-corrected chi connectivity index (χ0v) is 9.88. The van der Waals surface area contributed by atoms with E-state index in [9.17, 15) is 4.79 Å². The number of rotatable bonds is 2. The summed E-state index contributed by atoms with van der Waals surface area (Å²) in [6, 6.07) is 0. The van der Waals surface area contributed by atoms with Crippen molar-refractivity contribution < 1.29 is 9.53 Å². The molecule has 2 heteroatoms. The van der Waals surface area contributed by atoms with Crippen LogP contribution in [0.5, 0.6) is 0 Å². The standard InChI is InChI=1S/C13H20O2/c1-5-11(14)15-10-8-13(4)7-6-9(10)12(13,2)3/h5,9-10H,1,6-8H2,2-4H3/t9-,10+,13+/m1/s1. The lowest BCUT2D eigenvalue weighted by Gasteiger charge is -2.33. The zero-order valence-electron chi connectivity index (χ0n) is 9.88. The Balaban J connectivity index is 2.15. The predicted molar refractivity (Wildman–Crippen MR) is 59.3 cm³/mol. The van der Waals surface area contributed by atoms with Gasteiger partial charge in [-0.2, -0.15) is 0 Å². The van der Waals surface area contributed by atoms with Gasteiger partial charge in [0.25, 0.3) is 0 Å². The van der Waals surface area contributed by atoms with E-state index in [2.05, 4.69) is 27.4 Å². The first-order valence-corrected chi connectivity index (χ1v) is 5.74. The summed E-state index contributed by atoms with van der Waals surface area (Å²) in [7, 11) is 0. The summed E-state index contributed by atoms with van der Waals surface area (Å²) >= 11 is 0. The second-order valence-electron chi connectivity index (χ2n) is 5.81. The highest BCUT2D eigenvalue weighted by Gasteiger charge is 2.61. The SMILES string of the molecule is C=CC(=O)O[C@H]1C[C@]2(C)CC[C@H]1C2(C)C. The van der Waals surface area contributed by atoms with Gasteiger partial charge >= 0.3 is 5.97 Å². The second-order valence-corrected chi connectivity index (χ2v) is 5.81. The topological polar surface area (TPSA) is 26.3 Å². The van der Waals surface area contributed by atoms with Gasteiger partial charge < -0.3 is 4.74 Å². The number of fused-ring (bicyclic) bond motifs is 2. The number of carbonyl (C=O) groups excluding carboxylic acids is 1. The number of hydrogen-bond acceptors (Lipinski definition) is 2. The molecule has 2 nitrogen and oxygen atoms in total. The monoisotopic (exact) mass is 208 g/mol. The fourth-order valence-electron chi connectivity index (χ4n) is 3.53. The van der Waals surface area contributed by atoms with Crippen LogP contribution in [0.2, 0.25) is 0 Å². The highest BCUT2D eigenvalue weighted by molar-refractivity contribution is 5.81. The molecular weight excluding hydrogens is 188 g/mol. The van der Waals surface area contributed by atoms with Crippen LogP contribution in [0.25, 0.3) is 0 Å². The van der Waals surface area contributed by atoms with Gasteiger partial charge in [0.15, 0.2) is 0 Å². The number of carbonyl (C=O) groups is 1. The minimum atomic E-state index is -0.271. The third-order valence-electron chi connectivity index (χ3n) is 5.02. The molecule has 0 N–H and O–H groups in total. The van der Waals surface area contributed by atoms with E-state index < -0.39 is 0 Å². The van der Waals surface area contributed by atoms with Gasteiger partial charge in [-0.15, -0.1) is 0 Å². The molecule has 2 saturated carbocycles. The van der Waals surface area contributed by atoms with E-state index >= 15 is 0 Å². The molecule has 0 aromatic rings. The van der Waals surface area contributed by atoms with Crippen LogP contribution >= 0.6 is 0 Å². The van der Waals surface area contributed by atoms with Crippen molar-refractivity contribution in [3.63, 3.8) is 0 Å². The van der Waals surface area contributed by atoms with Crippen molar-refractivity contribution >= 4 is 5.97 Å². The fraction of sp³-hybridized carbons (Fsp3) is 0.769. The van der Waals surface area contributed by atoms with Crippen molar-refractivity contribution in [1.29, 1.82) is 0 Å².